The Hall–Kier alpha value is -1.40. The minimum absolute atomic E-state index is 0.0183. The number of aromatic nitrogens is 1. The Kier molecular flexibility index (Phi) is 2.41. The van der Waals surface area contributed by atoms with Gasteiger partial charge < -0.3 is 0 Å². The van der Waals surface area contributed by atoms with Crippen LogP contribution in [0.2, 0.25) is 0 Å². The van der Waals surface area contributed by atoms with Gasteiger partial charge in [-0.1, -0.05) is 0 Å². The van der Waals surface area contributed by atoms with E-state index in [4.69, 9.17) is 16.9 Å². The van der Waals surface area contributed by atoms with Crippen molar-refractivity contribution in [2.24, 2.45) is 0 Å². The molecule has 0 aliphatic heterocycles. The number of hydrogen-bond acceptors (Lipinski definition) is 3. The van der Waals surface area contributed by atoms with Crippen molar-refractivity contribution in [3.05, 3.63) is 29.1 Å². The molecule has 0 aromatic carbocycles. The van der Waals surface area contributed by atoms with Gasteiger partial charge in [0, 0.05) is 6.20 Å². The molecule has 0 radical (unpaired) electrons. The minimum Gasteiger partial charge on any atom is -0.274 e. The van der Waals surface area contributed by atoms with Crippen LogP contribution in [0.25, 0.3) is 0 Å². The number of aryl methyl sites for hydroxylation is 1. The van der Waals surface area contributed by atoms with E-state index in [9.17, 15) is 4.79 Å². The summed E-state index contributed by atoms with van der Waals surface area (Å²) >= 11 is 5.19. The number of nitrogens with zero attached hydrogens (tertiary/aromatic N) is 2. The molecule has 0 amide bonds. The third-order valence-corrected chi connectivity index (χ3v) is 1.51. The van der Waals surface area contributed by atoms with E-state index in [0.717, 1.165) is 5.56 Å². The van der Waals surface area contributed by atoms with Crippen LogP contribution in [-0.4, -0.2) is 10.2 Å². The van der Waals surface area contributed by atoms with Crippen LogP contribution in [0.1, 0.15) is 21.6 Å². The molecule has 1 aromatic rings. The van der Waals surface area contributed by atoms with Gasteiger partial charge >= 0.3 is 0 Å². The molecule has 0 aliphatic rings. The van der Waals surface area contributed by atoms with Crippen LogP contribution >= 0.6 is 11.6 Å². The van der Waals surface area contributed by atoms with Gasteiger partial charge in [-0.15, -0.1) is 0 Å². The number of halogens is 1. The molecule has 12 heavy (non-hydrogen) atoms. The molecule has 3 nitrogen and oxygen atoms in total. The second-order valence-electron chi connectivity index (χ2n) is 2.29. The molecular weight excluding hydrogens is 176 g/mol. The Balaban J connectivity index is 3.32. The smallest absolute Gasteiger partial charge is 0.272 e. The lowest BCUT2D eigenvalue weighted by Gasteiger charge is -1.96. The lowest BCUT2D eigenvalue weighted by Crippen LogP contribution is -1.98. The summed E-state index contributed by atoms with van der Waals surface area (Å²) in [6, 6.07) is 3.42. The maximum Gasteiger partial charge on any atom is 0.272 e. The van der Waals surface area contributed by atoms with E-state index < -0.39 is 5.24 Å². The summed E-state index contributed by atoms with van der Waals surface area (Å²) in [5.41, 5.74) is 1.06. The number of nitriles is 1. The highest BCUT2D eigenvalue weighted by molar-refractivity contribution is 6.67. The minimum atomic E-state index is -0.702. The average molecular weight is 181 g/mol. The van der Waals surface area contributed by atoms with Crippen LogP contribution in [0.5, 0.6) is 0 Å². The Labute approximate surface area is 74.6 Å². The molecule has 1 aromatic heterocycles. The number of carbonyl (C=O) groups is 1. The van der Waals surface area contributed by atoms with Gasteiger partial charge in [-0.2, -0.15) is 5.26 Å². The summed E-state index contributed by atoms with van der Waals surface area (Å²) in [5.74, 6) is 0. The molecule has 0 atom stereocenters. The molecular formula is C8H5ClN2O. The molecule has 0 saturated heterocycles. The van der Waals surface area contributed by atoms with Crippen molar-refractivity contribution >= 4 is 16.8 Å². The molecule has 0 aliphatic carbocycles. The summed E-state index contributed by atoms with van der Waals surface area (Å²) in [6.07, 6.45) is 1.50. The molecule has 60 valence electrons. The number of hydrogen-bond donors (Lipinski definition) is 0. The van der Waals surface area contributed by atoms with Crippen LogP contribution in [-0.2, 0) is 0 Å². The lowest BCUT2D eigenvalue weighted by molar-refractivity contribution is 0.107. The van der Waals surface area contributed by atoms with Crippen LogP contribution < -0.4 is 0 Å². The Morgan fingerprint density at radius 2 is 2.42 bits per heavy atom. The first-order valence-corrected chi connectivity index (χ1v) is 3.59. The maximum absolute atomic E-state index is 10.7. The van der Waals surface area contributed by atoms with E-state index in [2.05, 4.69) is 4.98 Å². The van der Waals surface area contributed by atoms with E-state index in [0.29, 0.717) is 0 Å². The normalized spacial score (nSPS) is 9.08. The Bertz CT molecular complexity index is 368. The summed E-state index contributed by atoms with van der Waals surface area (Å²) < 4.78 is 0. The highest BCUT2D eigenvalue weighted by Crippen LogP contribution is 2.09. The van der Waals surface area contributed by atoms with E-state index in [-0.39, 0.29) is 11.3 Å². The van der Waals surface area contributed by atoms with Gasteiger partial charge in [-0.3, -0.25) is 9.78 Å². The van der Waals surface area contributed by atoms with Crippen molar-refractivity contribution in [3.63, 3.8) is 0 Å². The SMILES string of the molecule is Cc1cnc(C(=O)Cl)c(C#N)c1. The zero-order chi connectivity index (χ0) is 9.14. The van der Waals surface area contributed by atoms with E-state index >= 15 is 0 Å². The summed E-state index contributed by atoms with van der Waals surface area (Å²) in [4.78, 5) is 14.4. The van der Waals surface area contributed by atoms with E-state index in [1.54, 1.807) is 13.0 Å². The summed E-state index contributed by atoms with van der Waals surface area (Å²) in [5, 5.41) is 7.89. The van der Waals surface area contributed by atoms with Crippen LogP contribution in [0.4, 0.5) is 0 Å². The van der Waals surface area contributed by atoms with Crippen LogP contribution in [0, 0.1) is 18.3 Å². The molecule has 0 spiro atoms. The van der Waals surface area contributed by atoms with Gasteiger partial charge in [-0.05, 0) is 30.2 Å². The fraction of sp³-hybridized carbons (Fsp3) is 0.125. The first-order valence-electron chi connectivity index (χ1n) is 3.21. The standard InChI is InChI=1S/C8H5ClN2O/c1-5-2-6(3-10)7(8(9)12)11-4-5/h2,4H,1H3. The lowest BCUT2D eigenvalue weighted by atomic mass is 10.2. The summed E-state index contributed by atoms with van der Waals surface area (Å²) in [6.45, 7) is 1.79. The topological polar surface area (TPSA) is 53.8 Å². The second-order valence-corrected chi connectivity index (χ2v) is 2.64. The highest BCUT2D eigenvalue weighted by Gasteiger charge is 2.09. The zero-order valence-electron chi connectivity index (χ0n) is 6.34. The molecule has 1 rings (SSSR count). The first-order chi connectivity index (χ1) is 5.65. The largest absolute Gasteiger partial charge is 0.274 e. The van der Waals surface area contributed by atoms with Crippen molar-refractivity contribution in [3.8, 4) is 6.07 Å². The third kappa shape index (κ3) is 1.60. The van der Waals surface area contributed by atoms with Gasteiger partial charge in [0.15, 0.2) is 0 Å². The fourth-order valence-corrected chi connectivity index (χ4v) is 0.962. The van der Waals surface area contributed by atoms with Gasteiger partial charge in [0.1, 0.15) is 11.8 Å². The van der Waals surface area contributed by atoms with Crippen molar-refractivity contribution < 1.29 is 4.79 Å². The fourth-order valence-electron chi connectivity index (χ4n) is 0.811. The molecule has 0 unspecified atom stereocenters. The number of carbonyl (C=O) groups excluding carboxylic acids is 1. The molecule has 0 fully saturated rings. The zero-order valence-corrected chi connectivity index (χ0v) is 7.09. The van der Waals surface area contributed by atoms with E-state index in [1.807, 2.05) is 6.07 Å². The molecule has 0 saturated carbocycles. The number of pyridine rings is 1. The third-order valence-electron chi connectivity index (χ3n) is 1.33. The van der Waals surface area contributed by atoms with Gasteiger partial charge in [0.2, 0.25) is 0 Å². The predicted octanol–water partition coefficient (Wildman–Crippen LogP) is 1.64. The van der Waals surface area contributed by atoms with Gasteiger partial charge in [0.05, 0.1) is 5.56 Å². The second kappa shape index (κ2) is 3.33. The van der Waals surface area contributed by atoms with E-state index in [1.165, 1.54) is 6.20 Å². The van der Waals surface area contributed by atoms with Gasteiger partial charge in [0.25, 0.3) is 5.24 Å². The average Bonchev–Trinajstić information content (AvgIpc) is 2.03. The van der Waals surface area contributed by atoms with Crippen molar-refractivity contribution in [2.75, 3.05) is 0 Å². The Morgan fingerprint density at radius 1 is 1.75 bits per heavy atom. The molecule has 0 N–H and O–H groups in total. The maximum atomic E-state index is 10.7. The quantitative estimate of drug-likeness (QED) is 0.618. The predicted molar refractivity (Wildman–Crippen MR) is 43.9 cm³/mol. The number of rotatable bonds is 1. The van der Waals surface area contributed by atoms with Crippen molar-refractivity contribution in [1.29, 1.82) is 5.26 Å². The monoisotopic (exact) mass is 180 g/mol. The first kappa shape index (κ1) is 8.69. The Morgan fingerprint density at radius 3 is 2.92 bits per heavy atom. The van der Waals surface area contributed by atoms with Crippen LogP contribution in [0.15, 0.2) is 12.3 Å². The molecule has 4 heteroatoms. The van der Waals surface area contributed by atoms with Crippen molar-refractivity contribution in [1.82, 2.24) is 4.98 Å². The summed E-state index contributed by atoms with van der Waals surface area (Å²) in [7, 11) is 0. The highest BCUT2D eigenvalue weighted by atomic mass is 35.5. The molecule has 1 heterocycles. The van der Waals surface area contributed by atoms with Gasteiger partial charge in [-0.25, -0.2) is 0 Å². The molecule has 0 bridgehead atoms. The van der Waals surface area contributed by atoms with Crippen molar-refractivity contribution in [2.45, 2.75) is 6.92 Å². The van der Waals surface area contributed by atoms with Crippen LogP contribution in [0.3, 0.4) is 0 Å².